The van der Waals surface area contributed by atoms with E-state index in [2.05, 4.69) is 0 Å². The summed E-state index contributed by atoms with van der Waals surface area (Å²) in [6, 6.07) is 0. The molecule has 3 fully saturated rings. The molecule has 0 aromatic rings. The number of hydrogen-bond acceptors (Lipinski definition) is 4. The van der Waals surface area contributed by atoms with Crippen LogP contribution in [0.2, 0.25) is 0 Å². The zero-order chi connectivity index (χ0) is 11.7. The topological polar surface area (TPSA) is 35.5 Å². The van der Waals surface area contributed by atoms with Gasteiger partial charge in [0.2, 0.25) is 0 Å². The summed E-state index contributed by atoms with van der Waals surface area (Å²) in [6.07, 6.45) is 3.93. The highest BCUT2D eigenvalue weighted by atomic mass is 32.2. The maximum absolute atomic E-state index is 12.4. The van der Waals surface area contributed by atoms with Gasteiger partial charge >= 0.3 is 0 Å². The van der Waals surface area contributed by atoms with E-state index in [1.165, 1.54) is 5.75 Å². The Kier molecular flexibility index (Phi) is 3.46. The average Bonchev–Trinajstić information content (AvgIpc) is 3.00. The van der Waals surface area contributed by atoms with Crippen LogP contribution in [0.4, 0.5) is 0 Å². The second-order valence-corrected chi connectivity index (χ2v) is 6.59. The van der Waals surface area contributed by atoms with Crippen LogP contribution in [-0.2, 0) is 14.3 Å². The fraction of sp³-hybridized carbons (Fsp3) is 0.923. The molecule has 0 bridgehead atoms. The molecule has 3 aliphatic heterocycles. The monoisotopic (exact) mass is 256 g/mol. The Bertz CT molecular complexity index is 293. The molecule has 0 N–H and O–H groups in total. The summed E-state index contributed by atoms with van der Waals surface area (Å²) in [5.74, 6) is 3.12. The maximum atomic E-state index is 12.4. The van der Waals surface area contributed by atoms with Crippen molar-refractivity contribution in [3.63, 3.8) is 0 Å². The van der Waals surface area contributed by atoms with Gasteiger partial charge in [-0.2, -0.15) is 11.8 Å². The summed E-state index contributed by atoms with van der Waals surface area (Å²) in [7, 11) is 0. The smallest absolute Gasteiger partial charge is 0.141 e. The third-order valence-corrected chi connectivity index (χ3v) is 5.52. The summed E-state index contributed by atoms with van der Waals surface area (Å²) < 4.78 is 11.3. The van der Waals surface area contributed by atoms with Gasteiger partial charge in [-0.25, -0.2) is 0 Å². The van der Waals surface area contributed by atoms with Crippen LogP contribution in [0.15, 0.2) is 0 Å². The number of thioether (sulfide) groups is 1. The predicted octanol–water partition coefficient (Wildman–Crippen LogP) is 1.89. The van der Waals surface area contributed by atoms with E-state index >= 15 is 0 Å². The van der Waals surface area contributed by atoms with Gasteiger partial charge in [-0.15, -0.1) is 0 Å². The van der Waals surface area contributed by atoms with Crippen molar-refractivity contribution in [3.05, 3.63) is 0 Å². The summed E-state index contributed by atoms with van der Waals surface area (Å²) in [5, 5.41) is 0. The van der Waals surface area contributed by atoms with Gasteiger partial charge < -0.3 is 9.47 Å². The van der Waals surface area contributed by atoms with Crippen molar-refractivity contribution in [2.45, 2.75) is 31.3 Å². The first-order valence-corrected chi connectivity index (χ1v) is 7.78. The number of Topliss-reactive ketones (excluding diaryl/α,β-unsaturated/α-hetero) is 1. The van der Waals surface area contributed by atoms with Crippen LogP contribution in [-0.4, -0.2) is 42.7 Å². The first-order chi connectivity index (χ1) is 8.29. The molecule has 0 aromatic carbocycles. The van der Waals surface area contributed by atoms with Crippen LogP contribution in [0, 0.1) is 11.8 Å². The van der Waals surface area contributed by atoms with Gasteiger partial charge in [0.05, 0.1) is 12.2 Å². The number of ketones is 1. The summed E-state index contributed by atoms with van der Waals surface area (Å²) in [5.41, 5.74) is 0.0305. The van der Waals surface area contributed by atoms with Crippen LogP contribution in [0.5, 0.6) is 0 Å². The Morgan fingerprint density at radius 3 is 2.82 bits per heavy atom. The van der Waals surface area contributed by atoms with Crippen LogP contribution in [0.3, 0.4) is 0 Å². The van der Waals surface area contributed by atoms with E-state index in [4.69, 9.17) is 9.47 Å². The summed E-state index contributed by atoms with van der Waals surface area (Å²) in [4.78, 5) is 12.4. The van der Waals surface area contributed by atoms with E-state index in [0.29, 0.717) is 12.4 Å². The van der Waals surface area contributed by atoms with Gasteiger partial charge in [0.15, 0.2) is 0 Å². The van der Waals surface area contributed by atoms with Crippen molar-refractivity contribution in [2.24, 2.45) is 11.8 Å². The van der Waals surface area contributed by atoms with E-state index in [1.54, 1.807) is 0 Å². The minimum Gasteiger partial charge on any atom is -0.381 e. The van der Waals surface area contributed by atoms with Crippen molar-refractivity contribution in [1.82, 2.24) is 0 Å². The lowest BCUT2D eigenvalue weighted by Crippen LogP contribution is -2.43. The number of carbonyl (C=O) groups excluding carboxylic acids is 1. The third-order valence-electron chi connectivity index (χ3n) is 4.29. The van der Waals surface area contributed by atoms with Gasteiger partial charge in [-0.1, -0.05) is 0 Å². The van der Waals surface area contributed by atoms with Crippen molar-refractivity contribution in [2.75, 3.05) is 31.3 Å². The predicted molar refractivity (Wildman–Crippen MR) is 67.3 cm³/mol. The standard InChI is InChI=1S/C13H20O3S/c14-12(11-1-4-15-8-11)10-2-5-16-13(7-10)3-6-17-9-13/h10-11H,1-9H2. The van der Waals surface area contributed by atoms with Crippen molar-refractivity contribution >= 4 is 17.5 Å². The average molecular weight is 256 g/mol. The molecular weight excluding hydrogens is 236 g/mol. The maximum Gasteiger partial charge on any atom is 0.141 e. The highest BCUT2D eigenvalue weighted by Gasteiger charge is 2.43. The lowest BCUT2D eigenvalue weighted by molar-refractivity contribution is -0.137. The molecule has 3 saturated heterocycles. The highest BCUT2D eigenvalue weighted by Crippen LogP contribution is 2.41. The second kappa shape index (κ2) is 4.90. The number of carbonyl (C=O) groups is 1. The van der Waals surface area contributed by atoms with E-state index in [1.807, 2.05) is 11.8 Å². The lowest BCUT2D eigenvalue weighted by atomic mass is 9.79. The van der Waals surface area contributed by atoms with Crippen LogP contribution < -0.4 is 0 Å². The molecule has 3 nitrogen and oxygen atoms in total. The Labute approximate surface area is 107 Å². The molecule has 17 heavy (non-hydrogen) atoms. The number of ether oxygens (including phenoxy) is 2. The summed E-state index contributed by atoms with van der Waals surface area (Å²) in [6.45, 7) is 2.18. The largest absolute Gasteiger partial charge is 0.381 e. The lowest BCUT2D eigenvalue weighted by Gasteiger charge is -2.37. The van der Waals surface area contributed by atoms with Gasteiger partial charge in [0.25, 0.3) is 0 Å². The van der Waals surface area contributed by atoms with E-state index in [-0.39, 0.29) is 17.4 Å². The highest BCUT2D eigenvalue weighted by molar-refractivity contribution is 7.99. The van der Waals surface area contributed by atoms with Crippen molar-refractivity contribution in [1.29, 1.82) is 0 Å². The molecule has 3 unspecified atom stereocenters. The minimum absolute atomic E-state index is 0.0305. The SMILES string of the molecule is O=C(C1CCOC1)C1CCOC2(CCSC2)C1. The zero-order valence-electron chi connectivity index (χ0n) is 10.2. The number of rotatable bonds is 2. The molecule has 0 aliphatic carbocycles. The van der Waals surface area contributed by atoms with Crippen LogP contribution in [0.1, 0.15) is 25.7 Å². The van der Waals surface area contributed by atoms with Gasteiger partial charge in [0, 0.05) is 30.8 Å². The first kappa shape index (κ1) is 12.0. The zero-order valence-corrected chi connectivity index (χ0v) is 11.0. The molecule has 3 rings (SSSR count). The van der Waals surface area contributed by atoms with Crippen LogP contribution in [0.25, 0.3) is 0 Å². The summed E-state index contributed by atoms with van der Waals surface area (Å²) >= 11 is 1.96. The van der Waals surface area contributed by atoms with Crippen molar-refractivity contribution in [3.8, 4) is 0 Å². The molecule has 1 spiro atoms. The Balaban J connectivity index is 1.64. The minimum atomic E-state index is 0.0305. The molecule has 3 atom stereocenters. The quantitative estimate of drug-likeness (QED) is 0.756. The Morgan fingerprint density at radius 2 is 2.12 bits per heavy atom. The van der Waals surface area contributed by atoms with E-state index in [0.717, 1.165) is 44.6 Å². The Morgan fingerprint density at radius 1 is 1.24 bits per heavy atom. The van der Waals surface area contributed by atoms with Gasteiger partial charge in [-0.3, -0.25) is 4.79 Å². The molecule has 3 aliphatic rings. The van der Waals surface area contributed by atoms with E-state index in [9.17, 15) is 4.79 Å². The van der Waals surface area contributed by atoms with Crippen LogP contribution >= 0.6 is 11.8 Å². The molecule has 0 saturated carbocycles. The number of hydrogen-bond donors (Lipinski definition) is 0. The van der Waals surface area contributed by atoms with Crippen molar-refractivity contribution < 1.29 is 14.3 Å². The third kappa shape index (κ3) is 2.40. The van der Waals surface area contributed by atoms with E-state index < -0.39 is 0 Å². The Hall–Kier alpha value is -0.0600. The molecule has 96 valence electrons. The fourth-order valence-electron chi connectivity index (χ4n) is 3.23. The second-order valence-electron chi connectivity index (χ2n) is 5.49. The first-order valence-electron chi connectivity index (χ1n) is 6.62. The molecule has 0 radical (unpaired) electrons. The van der Waals surface area contributed by atoms with Gasteiger partial charge in [-0.05, 0) is 31.4 Å². The molecule has 0 amide bonds. The fourth-order valence-corrected chi connectivity index (χ4v) is 4.60. The molecule has 0 aromatic heterocycles. The molecule has 4 heteroatoms. The normalized spacial score (nSPS) is 42.1. The van der Waals surface area contributed by atoms with Gasteiger partial charge in [0.1, 0.15) is 5.78 Å². The molecule has 3 heterocycles. The molecular formula is C13H20O3S.